The number of halogens is 1. The number of benzene rings is 2. The fourth-order valence-corrected chi connectivity index (χ4v) is 2.32. The van der Waals surface area contributed by atoms with Gasteiger partial charge in [0.2, 0.25) is 0 Å². The summed E-state index contributed by atoms with van der Waals surface area (Å²) >= 11 is 5.68. The number of esters is 1. The molecule has 0 spiro atoms. The van der Waals surface area contributed by atoms with Crippen molar-refractivity contribution in [2.45, 2.75) is 6.92 Å². The van der Waals surface area contributed by atoms with Crippen LogP contribution in [0.5, 0.6) is 0 Å². The van der Waals surface area contributed by atoms with Crippen LogP contribution in [-0.4, -0.2) is 28.3 Å². The Labute approximate surface area is 157 Å². The van der Waals surface area contributed by atoms with Crippen molar-refractivity contribution in [3.8, 4) is 0 Å². The number of hydrogen-bond acceptors (Lipinski definition) is 7. The first kappa shape index (κ1) is 19.8. The number of carbonyl (C=O) groups excluding carboxylic acids is 2. The van der Waals surface area contributed by atoms with Crippen LogP contribution in [0.2, 0.25) is 5.02 Å². The maximum absolute atomic E-state index is 12.0. The van der Waals surface area contributed by atoms with Gasteiger partial charge < -0.3 is 10.1 Å². The summed E-state index contributed by atoms with van der Waals surface area (Å²) in [6.45, 7) is 0.760. The number of hydrogen-bond donors (Lipinski definition) is 1. The Bertz CT molecular complexity index is 946. The van der Waals surface area contributed by atoms with E-state index in [0.29, 0.717) is 0 Å². The second kappa shape index (κ2) is 8.23. The van der Waals surface area contributed by atoms with E-state index >= 15 is 0 Å². The number of carbonyl (C=O) groups is 2. The summed E-state index contributed by atoms with van der Waals surface area (Å²) < 4.78 is 4.82. The molecule has 0 fully saturated rings. The van der Waals surface area contributed by atoms with Crippen molar-refractivity contribution in [1.82, 2.24) is 0 Å². The molecule has 0 saturated heterocycles. The van der Waals surface area contributed by atoms with Gasteiger partial charge in [0, 0.05) is 22.7 Å². The number of nitrogens with one attached hydrogen (secondary N) is 1. The monoisotopic (exact) mass is 393 g/mol. The summed E-state index contributed by atoms with van der Waals surface area (Å²) in [4.78, 5) is 44.3. The summed E-state index contributed by atoms with van der Waals surface area (Å²) in [6.07, 6.45) is 0. The minimum absolute atomic E-state index is 0.0309. The SMILES string of the molecule is Cc1cc(C(=O)OCC(=O)Nc2ccc(Cl)cc2[N+](=O)[O-])ccc1[N+](=O)[O-]. The van der Waals surface area contributed by atoms with Crippen LogP contribution in [0.3, 0.4) is 0 Å². The van der Waals surface area contributed by atoms with Crippen LogP contribution in [0.25, 0.3) is 0 Å². The van der Waals surface area contributed by atoms with Gasteiger partial charge in [0.25, 0.3) is 17.3 Å². The molecule has 1 amide bonds. The number of anilines is 1. The molecule has 2 aromatic rings. The number of nitro benzene ring substituents is 2. The van der Waals surface area contributed by atoms with Gasteiger partial charge in [0.05, 0.1) is 15.4 Å². The van der Waals surface area contributed by atoms with E-state index < -0.39 is 34.0 Å². The highest BCUT2D eigenvalue weighted by Crippen LogP contribution is 2.27. The maximum atomic E-state index is 12.0. The second-order valence-corrected chi connectivity index (χ2v) is 5.74. The Balaban J connectivity index is 2.02. The molecule has 11 heteroatoms. The lowest BCUT2D eigenvalue weighted by molar-refractivity contribution is -0.385. The van der Waals surface area contributed by atoms with Crippen LogP contribution in [0.1, 0.15) is 15.9 Å². The van der Waals surface area contributed by atoms with Crippen molar-refractivity contribution in [3.63, 3.8) is 0 Å². The predicted molar refractivity (Wildman–Crippen MR) is 94.9 cm³/mol. The zero-order valence-electron chi connectivity index (χ0n) is 13.8. The molecule has 0 aromatic heterocycles. The summed E-state index contributed by atoms with van der Waals surface area (Å²) in [5, 5.41) is 24.1. The Morgan fingerprint density at radius 2 is 1.74 bits per heavy atom. The number of nitrogens with zero attached hydrogens (tertiary/aromatic N) is 2. The van der Waals surface area contributed by atoms with Gasteiger partial charge in [-0.2, -0.15) is 0 Å². The van der Waals surface area contributed by atoms with Gasteiger partial charge in [-0.05, 0) is 31.2 Å². The van der Waals surface area contributed by atoms with E-state index in [1.165, 1.54) is 31.2 Å². The first-order chi connectivity index (χ1) is 12.7. The first-order valence-corrected chi connectivity index (χ1v) is 7.73. The minimum atomic E-state index is -0.867. The number of amides is 1. The molecular weight excluding hydrogens is 382 g/mol. The van der Waals surface area contributed by atoms with Crippen LogP contribution in [0.15, 0.2) is 36.4 Å². The molecular formula is C16H12ClN3O7. The van der Waals surface area contributed by atoms with E-state index in [1.54, 1.807) is 0 Å². The average Bonchev–Trinajstić information content (AvgIpc) is 2.60. The predicted octanol–water partition coefficient (Wildman–Crippen LogP) is 3.26. The van der Waals surface area contributed by atoms with Crippen molar-refractivity contribution in [1.29, 1.82) is 0 Å². The van der Waals surface area contributed by atoms with E-state index in [-0.39, 0.29) is 27.5 Å². The molecule has 0 saturated carbocycles. The highest BCUT2D eigenvalue weighted by molar-refractivity contribution is 6.31. The quantitative estimate of drug-likeness (QED) is 0.450. The molecule has 27 heavy (non-hydrogen) atoms. The average molecular weight is 394 g/mol. The Kier molecular flexibility index (Phi) is 6.03. The molecule has 0 atom stereocenters. The zero-order chi connectivity index (χ0) is 20.1. The van der Waals surface area contributed by atoms with Gasteiger partial charge in [-0.25, -0.2) is 4.79 Å². The van der Waals surface area contributed by atoms with Crippen molar-refractivity contribution in [2.24, 2.45) is 0 Å². The summed E-state index contributed by atoms with van der Waals surface area (Å²) in [7, 11) is 0. The van der Waals surface area contributed by atoms with E-state index in [9.17, 15) is 29.8 Å². The molecule has 0 aliphatic heterocycles. The van der Waals surface area contributed by atoms with Gasteiger partial charge in [0.15, 0.2) is 6.61 Å². The molecule has 0 heterocycles. The molecule has 140 valence electrons. The zero-order valence-corrected chi connectivity index (χ0v) is 14.6. The standard InChI is InChI=1S/C16H12ClN3O7/c1-9-6-10(2-5-13(9)19(23)24)16(22)27-8-15(21)18-12-4-3-11(17)7-14(12)20(25)26/h2-7H,8H2,1H3,(H,18,21). The fraction of sp³-hybridized carbons (Fsp3) is 0.125. The smallest absolute Gasteiger partial charge is 0.338 e. The first-order valence-electron chi connectivity index (χ1n) is 7.35. The number of rotatable bonds is 6. The molecule has 0 aliphatic carbocycles. The van der Waals surface area contributed by atoms with Gasteiger partial charge in [-0.1, -0.05) is 11.6 Å². The number of nitro groups is 2. The maximum Gasteiger partial charge on any atom is 0.338 e. The van der Waals surface area contributed by atoms with Crippen molar-refractivity contribution < 1.29 is 24.2 Å². The van der Waals surface area contributed by atoms with Gasteiger partial charge in [-0.15, -0.1) is 0 Å². The second-order valence-electron chi connectivity index (χ2n) is 5.30. The normalized spacial score (nSPS) is 10.1. The third-order valence-corrected chi connectivity index (χ3v) is 3.63. The van der Waals surface area contributed by atoms with E-state index in [1.807, 2.05) is 0 Å². The highest BCUT2D eigenvalue weighted by atomic mass is 35.5. The third-order valence-electron chi connectivity index (χ3n) is 3.39. The van der Waals surface area contributed by atoms with Crippen LogP contribution < -0.4 is 5.32 Å². The molecule has 0 radical (unpaired) electrons. The molecule has 1 N–H and O–H groups in total. The lowest BCUT2D eigenvalue weighted by Gasteiger charge is -2.08. The number of aryl methyl sites for hydroxylation is 1. The van der Waals surface area contributed by atoms with Gasteiger partial charge in [0.1, 0.15) is 5.69 Å². The lowest BCUT2D eigenvalue weighted by atomic mass is 10.1. The van der Waals surface area contributed by atoms with E-state index in [2.05, 4.69) is 5.32 Å². The van der Waals surface area contributed by atoms with Crippen LogP contribution in [0.4, 0.5) is 17.1 Å². The topological polar surface area (TPSA) is 142 Å². The fourth-order valence-electron chi connectivity index (χ4n) is 2.15. The summed E-state index contributed by atoms with van der Waals surface area (Å²) in [5.74, 6) is -1.67. The Morgan fingerprint density at radius 1 is 1.07 bits per heavy atom. The number of ether oxygens (including phenoxy) is 1. The molecule has 2 aromatic carbocycles. The van der Waals surface area contributed by atoms with Crippen LogP contribution >= 0.6 is 11.6 Å². The van der Waals surface area contributed by atoms with Crippen molar-refractivity contribution >= 4 is 40.5 Å². The third kappa shape index (κ3) is 4.98. The minimum Gasteiger partial charge on any atom is -0.452 e. The molecule has 0 unspecified atom stereocenters. The van der Waals surface area contributed by atoms with Crippen LogP contribution in [0, 0.1) is 27.2 Å². The van der Waals surface area contributed by atoms with E-state index in [0.717, 1.165) is 12.1 Å². The molecule has 2 rings (SSSR count). The van der Waals surface area contributed by atoms with Crippen molar-refractivity contribution in [3.05, 3.63) is 72.8 Å². The molecule has 10 nitrogen and oxygen atoms in total. The van der Waals surface area contributed by atoms with Gasteiger partial charge >= 0.3 is 5.97 Å². The Morgan fingerprint density at radius 3 is 2.33 bits per heavy atom. The molecule has 0 bridgehead atoms. The summed E-state index contributed by atoms with van der Waals surface area (Å²) in [5.41, 5.74) is -0.372. The highest BCUT2D eigenvalue weighted by Gasteiger charge is 2.19. The lowest BCUT2D eigenvalue weighted by Crippen LogP contribution is -2.21. The van der Waals surface area contributed by atoms with E-state index in [4.69, 9.17) is 16.3 Å². The van der Waals surface area contributed by atoms with Gasteiger partial charge in [-0.3, -0.25) is 25.0 Å². The molecule has 0 aliphatic rings. The van der Waals surface area contributed by atoms with Crippen molar-refractivity contribution in [2.75, 3.05) is 11.9 Å². The Hall–Kier alpha value is -3.53. The van der Waals surface area contributed by atoms with Crippen LogP contribution in [-0.2, 0) is 9.53 Å². The largest absolute Gasteiger partial charge is 0.452 e. The summed E-state index contributed by atoms with van der Waals surface area (Å²) in [6, 6.07) is 7.30.